The third kappa shape index (κ3) is 2.84. The summed E-state index contributed by atoms with van der Waals surface area (Å²) < 4.78 is 5.52. The molecule has 1 aromatic rings. The number of esters is 1. The van der Waals surface area contributed by atoms with Crippen molar-refractivity contribution in [1.29, 1.82) is 0 Å². The molecule has 1 aliphatic heterocycles. The van der Waals surface area contributed by atoms with Crippen LogP contribution in [0.5, 0.6) is 0 Å². The molecule has 5 heteroatoms. The minimum atomic E-state index is -0.500. The van der Waals surface area contributed by atoms with Crippen LogP contribution >= 0.6 is 11.3 Å². The monoisotopic (exact) mass is 307 g/mol. The second-order valence-corrected chi connectivity index (χ2v) is 7.07. The molecular weight excluding hydrogens is 286 g/mol. The third-order valence-electron chi connectivity index (χ3n) is 4.71. The maximum Gasteiger partial charge on any atom is 0.307 e. The van der Waals surface area contributed by atoms with Crippen molar-refractivity contribution < 1.29 is 14.3 Å². The van der Waals surface area contributed by atoms with Gasteiger partial charge in [0.2, 0.25) is 5.91 Å². The highest BCUT2D eigenvalue weighted by Crippen LogP contribution is 2.45. The van der Waals surface area contributed by atoms with E-state index in [2.05, 4.69) is 23.7 Å². The van der Waals surface area contributed by atoms with Crippen molar-refractivity contribution in [3.63, 3.8) is 0 Å². The second kappa shape index (κ2) is 5.79. The maximum atomic E-state index is 12.4. The Balaban J connectivity index is 1.57. The minimum Gasteiger partial charge on any atom is -0.458 e. The molecule has 2 fully saturated rings. The van der Waals surface area contributed by atoms with Gasteiger partial charge in [0.25, 0.3) is 0 Å². The van der Waals surface area contributed by atoms with Gasteiger partial charge in [-0.2, -0.15) is 0 Å². The van der Waals surface area contributed by atoms with E-state index in [1.165, 1.54) is 10.4 Å². The average Bonchev–Trinajstić information content (AvgIpc) is 3.14. The van der Waals surface area contributed by atoms with E-state index in [-0.39, 0.29) is 24.2 Å². The SMILES string of the molecule is Cc1ccsc1CCNC(=O)C1CC(=O)OC12CCCC2. The Labute approximate surface area is 128 Å². The summed E-state index contributed by atoms with van der Waals surface area (Å²) in [6.07, 6.45) is 4.85. The van der Waals surface area contributed by atoms with Crippen LogP contribution < -0.4 is 5.32 Å². The number of aryl methyl sites for hydroxylation is 1. The van der Waals surface area contributed by atoms with Gasteiger partial charge in [-0.05, 0) is 56.0 Å². The van der Waals surface area contributed by atoms with Crippen LogP contribution in [0, 0.1) is 12.8 Å². The standard InChI is InChI=1S/C16H21NO3S/c1-11-5-9-21-13(11)4-8-17-15(19)12-10-14(18)20-16(12)6-2-3-7-16/h5,9,12H,2-4,6-8,10H2,1H3,(H,17,19). The summed E-state index contributed by atoms with van der Waals surface area (Å²) in [4.78, 5) is 25.4. The van der Waals surface area contributed by atoms with Gasteiger partial charge in [0.1, 0.15) is 5.60 Å². The molecule has 0 bridgehead atoms. The van der Waals surface area contributed by atoms with E-state index in [1.807, 2.05) is 0 Å². The molecule has 3 rings (SSSR count). The van der Waals surface area contributed by atoms with Crippen LogP contribution in [-0.2, 0) is 20.7 Å². The van der Waals surface area contributed by atoms with Crippen LogP contribution in [0.1, 0.15) is 42.5 Å². The number of ether oxygens (including phenoxy) is 1. The largest absolute Gasteiger partial charge is 0.458 e. The van der Waals surface area contributed by atoms with Gasteiger partial charge in [0, 0.05) is 11.4 Å². The summed E-state index contributed by atoms with van der Waals surface area (Å²) in [6, 6.07) is 2.10. The lowest BCUT2D eigenvalue weighted by Crippen LogP contribution is -2.43. The van der Waals surface area contributed by atoms with Gasteiger partial charge in [-0.15, -0.1) is 11.3 Å². The molecule has 1 saturated carbocycles. The zero-order valence-corrected chi connectivity index (χ0v) is 13.1. The Bertz CT molecular complexity index is 545. The molecule has 0 radical (unpaired) electrons. The lowest BCUT2D eigenvalue weighted by Gasteiger charge is -2.27. The van der Waals surface area contributed by atoms with Crippen LogP contribution in [0.4, 0.5) is 0 Å². The number of carbonyl (C=O) groups is 2. The quantitative estimate of drug-likeness (QED) is 0.870. The summed E-state index contributed by atoms with van der Waals surface area (Å²) in [5.41, 5.74) is 0.779. The smallest absolute Gasteiger partial charge is 0.307 e. The molecule has 1 N–H and O–H groups in total. The van der Waals surface area contributed by atoms with Crippen LogP contribution in [0.2, 0.25) is 0 Å². The molecule has 2 heterocycles. The van der Waals surface area contributed by atoms with Crippen LogP contribution in [-0.4, -0.2) is 24.0 Å². The van der Waals surface area contributed by atoms with Gasteiger partial charge in [-0.3, -0.25) is 9.59 Å². The summed E-state index contributed by atoms with van der Waals surface area (Å²) in [7, 11) is 0. The Kier molecular flexibility index (Phi) is 4.02. The van der Waals surface area contributed by atoms with Crippen molar-refractivity contribution in [1.82, 2.24) is 5.32 Å². The summed E-state index contributed by atoms with van der Waals surface area (Å²) in [5, 5.41) is 5.07. The normalized spacial score (nSPS) is 23.5. The number of carbonyl (C=O) groups excluding carboxylic acids is 2. The molecule has 4 nitrogen and oxygen atoms in total. The highest BCUT2D eigenvalue weighted by Gasteiger charge is 2.53. The van der Waals surface area contributed by atoms with Gasteiger partial charge in [0.15, 0.2) is 0 Å². The summed E-state index contributed by atoms with van der Waals surface area (Å²) >= 11 is 1.72. The fourth-order valence-corrected chi connectivity index (χ4v) is 4.44. The first-order chi connectivity index (χ1) is 10.1. The molecule has 1 aromatic heterocycles. The molecule has 1 atom stereocenters. The van der Waals surface area contributed by atoms with Gasteiger partial charge in [-0.1, -0.05) is 0 Å². The molecule has 21 heavy (non-hydrogen) atoms. The summed E-state index contributed by atoms with van der Waals surface area (Å²) in [6.45, 7) is 2.71. The molecular formula is C16H21NO3S. The zero-order valence-electron chi connectivity index (χ0n) is 12.3. The van der Waals surface area contributed by atoms with E-state index < -0.39 is 5.60 Å². The van der Waals surface area contributed by atoms with Gasteiger partial charge in [0.05, 0.1) is 12.3 Å². The average molecular weight is 307 g/mol. The van der Waals surface area contributed by atoms with E-state index in [0.29, 0.717) is 6.54 Å². The maximum absolute atomic E-state index is 12.4. The molecule has 1 spiro atoms. The van der Waals surface area contributed by atoms with E-state index >= 15 is 0 Å². The van der Waals surface area contributed by atoms with Crippen molar-refractivity contribution in [3.05, 3.63) is 21.9 Å². The Morgan fingerprint density at radius 3 is 2.90 bits per heavy atom. The molecule has 0 aromatic carbocycles. The van der Waals surface area contributed by atoms with Gasteiger partial charge >= 0.3 is 5.97 Å². The first-order valence-corrected chi connectivity index (χ1v) is 8.51. The molecule has 114 valence electrons. The highest BCUT2D eigenvalue weighted by atomic mass is 32.1. The van der Waals surface area contributed by atoms with Crippen molar-refractivity contribution in [3.8, 4) is 0 Å². The third-order valence-corrected chi connectivity index (χ3v) is 5.79. The number of hydrogen-bond acceptors (Lipinski definition) is 4. The lowest BCUT2D eigenvalue weighted by atomic mass is 9.85. The van der Waals surface area contributed by atoms with E-state index in [9.17, 15) is 9.59 Å². The Morgan fingerprint density at radius 2 is 2.24 bits per heavy atom. The number of nitrogens with one attached hydrogen (secondary N) is 1. The van der Waals surface area contributed by atoms with E-state index in [4.69, 9.17) is 4.74 Å². The fraction of sp³-hybridized carbons (Fsp3) is 0.625. The zero-order chi connectivity index (χ0) is 14.9. The minimum absolute atomic E-state index is 0.0167. The van der Waals surface area contributed by atoms with Crippen LogP contribution in [0.25, 0.3) is 0 Å². The molecule has 1 aliphatic carbocycles. The van der Waals surface area contributed by atoms with Gasteiger partial charge < -0.3 is 10.1 Å². The highest BCUT2D eigenvalue weighted by molar-refractivity contribution is 7.10. The van der Waals surface area contributed by atoms with Gasteiger partial charge in [-0.25, -0.2) is 0 Å². The molecule has 1 unspecified atom stereocenters. The molecule has 1 amide bonds. The second-order valence-electron chi connectivity index (χ2n) is 6.07. The van der Waals surface area contributed by atoms with Crippen LogP contribution in [0.3, 0.4) is 0 Å². The van der Waals surface area contributed by atoms with Crippen LogP contribution in [0.15, 0.2) is 11.4 Å². The summed E-state index contributed by atoms with van der Waals surface area (Å²) in [5.74, 6) is -0.528. The number of thiophene rings is 1. The number of rotatable bonds is 4. The van der Waals surface area contributed by atoms with Crippen molar-refractivity contribution in [2.75, 3.05) is 6.54 Å². The first kappa shape index (κ1) is 14.6. The van der Waals surface area contributed by atoms with E-state index in [1.54, 1.807) is 11.3 Å². The van der Waals surface area contributed by atoms with Crippen molar-refractivity contribution in [2.45, 2.75) is 51.0 Å². The predicted molar refractivity (Wildman–Crippen MR) is 81.2 cm³/mol. The fourth-order valence-electron chi connectivity index (χ4n) is 3.53. The molecule has 1 saturated heterocycles. The Hall–Kier alpha value is -1.36. The number of amides is 1. The lowest BCUT2D eigenvalue weighted by molar-refractivity contribution is -0.149. The van der Waals surface area contributed by atoms with Crippen molar-refractivity contribution in [2.24, 2.45) is 5.92 Å². The first-order valence-electron chi connectivity index (χ1n) is 7.63. The van der Waals surface area contributed by atoms with Crippen molar-refractivity contribution >= 4 is 23.2 Å². The molecule has 2 aliphatic rings. The van der Waals surface area contributed by atoms with E-state index in [0.717, 1.165) is 32.1 Å². The predicted octanol–water partition coefficient (Wildman–Crippen LogP) is 2.59. The number of hydrogen-bond donors (Lipinski definition) is 1. The topological polar surface area (TPSA) is 55.4 Å². The Morgan fingerprint density at radius 1 is 1.48 bits per heavy atom.